The predicted molar refractivity (Wildman–Crippen MR) is 125 cm³/mol. The highest BCUT2D eigenvalue weighted by Gasteiger charge is 2.24. The highest BCUT2D eigenvalue weighted by molar-refractivity contribution is 5.85. The Hall–Kier alpha value is -4.87. The number of ether oxygens (including phenoxy) is 4. The Balaban J connectivity index is 1.66. The van der Waals surface area contributed by atoms with Gasteiger partial charge in [0, 0.05) is 31.6 Å². The van der Waals surface area contributed by atoms with Crippen molar-refractivity contribution in [2.24, 2.45) is 12.8 Å². The number of hydrogen-bond donors (Lipinski definition) is 1. The number of nitrogens with two attached hydrogens (primary N) is 1. The second kappa shape index (κ2) is 9.55. The van der Waals surface area contributed by atoms with E-state index in [2.05, 4.69) is 10.1 Å². The van der Waals surface area contributed by atoms with E-state index in [-0.39, 0.29) is 23.1 Å². The number of primary amides is 1. The summed E-state index contributed by atoms with van der Waals surface area (Å²) in [6.07, 6.45) is -0.159. The maximum Gasteiger partial charge on any atom is 0.411 e. The van der Waals surface area contributed by atoms with Crippen molar-refractivity contribution in [1.29, 1.82) is 0 Å². The van der Waals surface area contributed by atoms with E-state index >= 15 is 0 Å². The van der Waals surface area contributed by atoms with Crippen molar-refractivity contribution < 1.29 is 28.7 Å². The van der Waals surface area contributed by atoms with Crippen molar-refractivity contribution in [3.05, 3.63) is 64.8 Å². The zero-order valence-electron chi connectivity index (χ0n) is 19.0. The molecule has 4 rings (SSSR count). The largest absolute Gasteiger partial charge is 0.490 e. The van der Waals surface area contributed by atoms with E-state index in [9.17, 15) is 14.9 Å². The molecule has 4 aromatic rings. The predicted octanol–water partition coefficient (Wildman–Crippen LogP) is 3.81. The number of aryl methyl sites for hydroxylation is 1. The van der Waals surface area contributed by atoms with E-state index in [4.69, 9.17) is 24.7 Å². The molecule has 180 valence electrons. The molecule has 35 heavy (non-hydrogen) atoms. The van der Waals surface area contributed by atoms with E-state index in [1.54, 1.807) is 61.2 Å². The molecular formula is C23H21N5O7. The van der Waals surface area contributed by atoms with Crippen LogP contribution < -0.4 is 24.7 Å². The van der Waals surface area contributed by atoms with Gasteiger partial charge in [-0.2, -0.15) is 5.10 Å². The van der Waals surface area contributed by atoms with E-state index < -0.39 is 17.3 Å². The smallest absolute Gasteiger partial charge is 0.411 e. The number of fused-ring (bicyclic) bond motifs is 1. The third-order valence-corrected chi connectivity index (χ3v) is 4.89. The average Bonchev–Trinajstić information content (AvgIpc) is 3.24. The molecule has 1 unspecified atom stereocenters. The lowest BCUT2D eigenvalue weighted by Gasteiger charge is -2.18. The van der Waals surface area contributed by atoms with Crippen molar-refractivity contribution in [3.63, 3.8) is 0 Å². The van der Waals surface area contributed by atoms with E-state index in [0.717, 1.165) is 5.39 Å². The summed E-state index contributed by atoms with van der Waals surface area (Å²) in [5.74, 6) is 0.602. The average molecular weight is 479 g/mol. The number of para-hydroxylation sites is 1. The molecule has 0 aliphatic rings. The maximum absolute atomic E-state index is 11.7. The van der Waals surface area contributed by atoms with Crippen LogP contribution in [0.25, 0.3) is 22.2 Å². The Morgan fingerprint density at radius 2 is 1.97 bits per heavy atom. The van der Waals surface area contributed by atoms with Gasteiger partial charge in [0.2, 0.25) is 17.9 Å². The Morgan fingerprint density at radius 1 is 1.17 bits per heavy atom. The maximum atomic E-state index is 11.7. The molecule has 2 aromatic heterocycles. The number of hydrogen-bond acceptors (Lipinski definition) is 9. The van der Waals surface area contributed by atoms with E-state index in [1.165, 1.54) is 19.2 Å². The first-order valence-corrected chi connectivity index (χ1v) is 10.3. The second-order valence-electron chi connectivity index (χ2n) is 7.36. The quantitative estimate of drug-likeness (QED) is 0.226. The fourth-order valence-electron chi connectivity index (χ4n) is 3.51. The number of nitro groups is 1. The van der Waals surface area contributed by atoms with Gasteiger partial charge in [-0.1, -0.05) is 12.1 Å². The molecule has 1 amide bonds. The summed E-state index contributed by atoms with van der Waals surface area (Å²) in [6.45, 7) is 1.62. The monoisotopic (exact) mass is 479 g/mol. The van der Waals surface area contributed by atoms with Gasteiger partial charge < -0.3 is 24.7 Å². The van der Waals surface area contributed by atoms with Gasteiger partial charge in [-0.3, -0.25) is 14.8 Å². The number of carbonyl (C=O) groups is 1. The van der Waals surface area contributed by atoms with Crippen molar-refractivity contribution in [2.45, 2.75) is 13.2 Å². The minimum absolute atomic E-state index is 0.0143. The topological polar surface area (TPSA) is 154 Å². The van der Waals surface area contributed by atoms with Crippen LogP contribution in [-0.2, 0) is 7.05 Å². The summed E-state index contributed by atoms with van der Waals surface area (Å²) in [6, 6.07) is 13.0. The van der Waals surface area contributed by atoms with Gasteiger partial charge in [0.05, 0.1) is 29.4 Å². The zero-order valence-corrected chi connectivity index (χ0v) is 19.0. The minimum atomic E-state index is -0.989. The fraction of sp³-hybridized carbons (Fsp3) is 0.174. The van der Waals surface area contributed by atoms with Crippen LogP contribution in [0.2, 0.25) is 0 Å². The number of benzene rings is 2. The van der Waals surface area contributed by atoms with Gasteiger partial charge in [-0.05, 0) is 24.3 Å². The lowest BCUT2D eigenvalue weighted by atomic mass is 10.1. The van der Waals surface area contributed by atoms with Crippen LogP contribution in [0.15, 0.2) is 54.7 Å². The third kappa shape index (κ3) is 5.05. The molecule has 2 N–H and O–H groups in total. The minimum Gasteiger partial charge on any atom is -0.490 e. The fourth-order valence-corrected chi connectivity index (χ4v) is 3.51. The first-order valence-electron chi connectivity index (χ1n) is 10.3. The Morgan fingerprint density at radius 3 is 2.63 bits per heavy atom. The number of carbonyl (C=O) groups excluding carboxylic acids is 1. The molecule has 12 heteroatoms. The summed E-state index contributed by atoms with van der Waals surface area (Å²) in [7, 11) is 3.09. The molecule has 0 saturated heterocycles. The van der Waals surface area contributed by atoms with Gasteiger partial charge in [0.15, 0.2) is 0 Å². The number of amides is 1. The molecule has 1 atom stereocenters. The first-order chi connectivity index (χ1) is 16.7. The van der Waals surface area contributed by atoms with Gasteiger partial charge in [-0.25, -0.2) is 9.78 Å². The summed E-state index contributed by atoms with van der Waals surface area (Å²) >= 11 is 0. The standard InChI is InChI=1S/C23H21N5O7/c1-13(34-19-6-4-5-14-7-8-20(25-21(14)19)35-23(24)29)33-15-11-16(17-9-10-27(2)26-17)22(32-3)18(12-15)28(30)31/h4-13H,1-3H3,(H2,24,29). The van der Waals surface area contributed by atoms with Crippen LogP contribution >= 0.6 is 0 Å². The molecule has 12 nitrogen and oxygen atoms in total. The normalized spacial score (nSPS) is 11.6. The van der Waals surface area contributed by atoms with E-state index in [1.807, 2.05) is 0 Å². The highest BCUT2D eigenvalue weighted by Crippen LogP contribution is 2.41. The van der Waals surface area contributed by atoms with Crippen LogP contribution in [0.1, 0.15) is 6.92 Å². The number of nitro benzene ring substituents is 1. The summed E-state index contributed by atoms with van der Waals surface area (Å²) in [4.78, 5) is 26.5. The van der Waals surface area contributed by atoms with Gasteiger partial charge >= 0.3 is 11.8 Å². The van der Waals surface area contributed by atoms with Crippen LogP contribution in [-0.4, -0.2) is 39.2 Å². The van der Waals surface area contributed by atoms with Crippen LogP contribution in [0.5, 0.6) is 23.1 Å². The van der Waals surface area contributed by atoms with Crippen LogP contribution in [0.3, 0.4) is 0 Å². The second-order valence-corrected chi connectivity index (χ2v) is 7.36. The van der Waals surface area contributed by atoms with Crippen molar-refractivity contribution in [3.8, 4) is 34.4 Å². The molecule has 0 spiro atoms. The molecule has 0 radical (unpaired) electrons. The summed E-state index contributed by atoms with van der Waals surface area (Å²) in [5, 5.41) is 16.8. The van der Waals surface area contributed by atoms with Crippen molar-refractivity contribution >= 4 is 22.7 Å². The first kappa shape index (κ1) is 23.3. The van der Waals surface area contributed by atoms with Crippen molar-refractivity contribution in [2.75, 3.05) is 7.11 Å². The lowest BCUT2D eigenvalue weighted by molar-refractivity contribution is -0.385. The Bertz CT molecular complexity index is 1420. The molecule has 0 saturated carbocycles. The van der Waals surface area contributed by atoms with E-state index in [0.29, 0.717) is 22.5 Å². The van der Waals surface area contributed by atoms with Gasteiger partial charge in [0.1, 0.15) is 17.0 Å². The Labute approximate surface area is 198 Å². The molecule has 0 aliphatic heterocycles. The van der Waals surface area contributed by atoms with Crippen molar-refractivity contribution in [1.82, 2.24) is 14.8 Å². The van der Waals surface area contributed by atoms with Gasteiger partial charge in [-0.15, -0.1) is 0 Å². The number of nitrogens with zero attached hydrogens (tertiary/aromatic N) is 4. The summed E-state index contributed by atoms with van der Waals surface area (Å²) < 4.78 is 23.5. The molecule has 0 bridgehead atoms. The highest BCUT2D eigenvalue weighted by atomic mass is 16.7. The number of aromatic nitrogens is 3. The number of methoxy groups -OCH3 is 1. The number of pyridine rings is 1. The van der Waals surface area contributed by atoms with Gasteiger partial charge in [0.25, 0.3) is 0 Å². The molecule has 2 heterocycles. The number of rotatable bonds is 8. The third-order valence-electron chi connectivity index (χ3n) is 4.89. The molecule has 0 aliphatic carbocycles. The molecule has 2 aromatic carbocycles. The molecular weight excluding hydrogens is 458 g/mol. The lowest BCUT2D eigenvalue weighted by Crippen LogP contribution is -2.20. The van der Waals surface area contributed by atoms with Crippen LogP contribution in [0.4, 0.5) is 10.5 Å². The zero-order chi connectivity index (χ0) is 25.1. The molecule has 0 fully saturated rings. The Kier molecular flexibility index (Phi) is 6.36. The summed E-state index contributed by atoms with van der Waals surface area (Å²) in [5.41, 5.74) is 6.07. The van der Waals surface area contributed by atoms with Crippen LogP contribution in [0, 0.1) is 10.1 Å². The SMILES string of the molecule is COc1c(-c2ccn(C)n2)cc(OC(C)Oc2cccc3ccc(OC(N)=O)nc23)cc1[N+](=O)[O-].